The smallest absolute Gasteiger partial charge is 0.232 e. The Balaban J connectivity index is 3.17. The number of nitrogens with one attached hydrogen (secondary N) is 1. The maximum Gasteiger partial charge on any atom is 0.232 e. The minimum Gasteiger partial charge on any atom is -0.294 e. The largest absolute Gasteiger partial charge is 0.294 e. The van der Waals surface area contributed by atoms with Gasteiger partial charge in [-0.05, 0) is 26.0 Å². The molecule has 0 aromatic heterocycles. The highest BCUT2D eigenvalue weighted by Crippen LogP contribution is 2.27. The van der Waals surface area contributed by atoms with E-state index in [1.807, 2.05) is 0 Å². The van der Waals surface area contributed by atoms with Gasteiger partial charge in [-0.1, -0.05) is 17.7 Å². The molecule has 0 radical (unpaired) electrons. The average Bonchev–Trinajstić information content (AvgIpc) is 2.20. The first-order valence-corrected chi connectivity index (χ1v) is 6.70. The van der Waals surface area contributed by atoms with Crippen LogP contribution >= 0.6 is 11.6 Å². The van der Waals surface area contributed by atoms with Gasteiger partial charge < -0.3 is 0 Å². The predicted octanol–water partition coefficient (Wildman–Crippen LogP) is 2.30. The second-order valence-corrected chi connectivity index (χ2v) is 5.62. The van der Waals surface area contributed by atoms with Gasteiger partial charge in [0.25, 0.3) is 0 Å². The van der Waals surface area contributed by atoms with Crippen molar-refractivity contribution in [1.82, 2.24) is 0 Å². The Labute approximate surface area is 99.7 Å². The molecule has 0 fully saturated rings. The Morgan fingerprint density at radius 2 is 2.06 bits per heavy atom. The maximum atomic E-state index is 11.3. The van der Waals surface area contributed by atoms with E-state index in [9.17, 15) is 13.2 Å². The molecule has 0 aliphatic carbocycles. The number of Topliss-reactive ketones (excluding diaryl/α,β-unsaturated/α-hetero) is 1. The number of ketones is 1. The van der Waals surface area contributed by atoms with Gasteiger partial charge in [-0.3, -0.25) is 9.52 Å². The van der Waals surface area contributed by atoms with E-state index >= 15 is 0 Å². The van der Waals surface area contributed by atoms with Crippen molar-refractivity contribution < 1.29 is 13.2 Å². The molecule has 1 aromatic carbocycles. The topological polar surface area (TPSA) is 63.2 Å². The van der Waals surface area contributed by atoms with E-state index < -0.39 is 10.0 Å². The summed E-state index contributed by atoms with van der Waals surface area (Å²) in [6.07, 6.45) is 0. The van der Waals surface area contributed by atoms with Crippen LogP contribution in [0.25, 0.3) is 0 Å². The van der Waals surface area contributed by atoms with Crippen LogP contribution in [0.15, 0.2) is 18.2 Å². The van der Waals surface area contributed by atoms with Crippen molar-refractivity contribution in [2.45, 2.75) is 13.8 Å². The summed E-state index contributed by atoms with van der Waals surface area (Å²) in [5, 5.41) is 0.132. The highest BCUT2D eigenvalue weighted by Gasteiger charge is 2.13. The van der Waals surface area contributed by atoms with E-state index in [0.29, 0.717) is 5.56 Å². The van der Waals surface area contributed by atoms with Crippen LogP contribution < -0.4 is 4.72 Å². The van der Waals surface area contributed by atoms with Gasteiger partial charge in [0, 0.05) is 5.56 Å². The summed E-state index contributed by atoms with van der Waals surface area (Å²) < 4.78 is 25.0. The highest BCUT2D eigenvalue weighted by atomic mass is 35.5. The summed E-state index contributed by atoms with van der Waals surface area (Å²) in [4.78, 5) is 11.2. The maximum absolute atomic E-state index is 11.3. The number of halogens is 1. The molecule has 0 saturated carbocycles. The lowest BCUT2D eigenvalue weighted by Gasteiger charge is -2.09. The van der Waals surface area contributed by atoms with E-state index in [2.05, 4.69) is 4.72 Å². The van der Waals surface area contributed by atoms with Crippen LogP contribution in [0.2, 0.25) is 5.02 Å². The third-order valence-corrected chi connectivity index (χ3v) is 3.72. The number of hydrogen-bond donors (Lipinski definition) is 1. The zero-order valence-corrected chi connectivity index (χ0v) is 10.5. The third-order valence-electron chi connectivity index (χ3n) is 2.02. The molecule has 0 amide bonds. The highest BCUT2D eigenvalue weighted by molar-refractivity contribution is 7.92. The molecule has 0 saturated heterocycles. The Morgan fingerprint density at radius 3 is 2.56 bits per heavy atom. The first kappa shape index (κ1) is 13.0. The first-order chi connectivity index (χ1) is 7.37. The minimum atomic E-state index is -3.38. The molecule has 0 atom stereocenters. The van der Waals surface area contributed by atoms with Gasteiger partial charge in [0.05, 0.1) is 16.5 Å². The van der Waals surface area contributed by atoms with Crippen LogP contribution in [0, 0.1) is 0 Å². The van der Waals surface area contributed by atoms with Gasteiger partial charge >= 0.3 is 0 Å². The predicted molar refractivity (Wildman–Crippen MR) is 64.5 cm³/mol. The molecule has 0 aliphatic rings. The van der Waals surface area contributed by atoms with Crippen molar-refractivity contribution in [2.24, 2.45) is 0 Å². The number of carbonyl (C=O) groups is 1. The summed E-state index contributed by atoms with van der Waals surface area (Å²) in [6, 6.07) is 4.65. The van der Waals surface area contributed by atoms with Crippen molar-refractivity contribution in [1.29, 1.82) is 0 Å². The van der Waals surface area contributed by atoms with Crippen molar-refractivity contribution in [3.05, 3.63) is 28.8 Å². The van der Waals surface area contributed by atoms with Crippen LogP contribution in [0.1, 0.15) is 24.2 Å². The fourth-order valence-corrected chi connectivity index (χ4v) is 2.13. The van der Waals surface area contributed by atoms with E-state index in [-0.39, 0.29) is 22.2 Å². The molecule has 1 aromatic rings. The molecule has 1 N–H and O–H groups in total. The zero-order valence-electron chi connectivity index (χ0n) is 8.95. The third kappa shape index (κ3) is 2.96. The Bertz CT molecular complexity index is 511. The number of rotatable bonds is 4. The molecule has 4 nitrogen and oxygen atoms in total. The standard InChI is InChI=1S/C10H12ClNO3S/c1-3-16(14,15)12-9-6-4-5-8(7(2)13)10(9)11/h4-6,12H,3H2,1-2H3. The number of benzene rings is 1. The fraction of sp³-hybridized carbons (Fsp3) is 0.300. The van der Waals surface area contributed by atoms with Gasteiger partial charge in [-0.25, -0.2) is 8.42 Å². The van der Waals surface area contributed by atoms with Crippen LogP contribution in [0.3, 0.4) is 0 Å². The molecule has 88 valence electrons. The summed E-state index contributed by atoms with van der Waals surface area (Å²) in [7, 11) is -3.38. The molecule has 0 bridgehead atoms. The Morgan fingerprint density at radius 1 is 1.44 bits per heavy atom. The monoisotopic (exact) mass is 261 g/mol. The van der Waals surface area contributed by atoms with Gasteiger partial charge in [0.2, 0.25) is 10.0 Å². The van der Waals surface area contributed by atoms with Crippen LogP contribution in [-0.2, 0) is 10.0 Å². The molecule has 1 rings (SSSR count). The Hall–Kier alpha value is -1.07. The number of carbonyl (C=O) groups excluding carboxylic acids is 1. The lowest BCUT2D eigenvalue weighted by Crippen LogP contribution is -2.15. The molecule has 0 heterocycles. The van der Waals surface area contributed by atoms with Gasteiger partial charge in [-0.2, -0.15) is 0 Å². The van der Waals surface area contributed by atoms with Crippen LogP contribution in [0.4, 0.5) is 5.69 Å². The van der Waals surface area contributed by atoms with Gasteiger partial charge in [-0.15, -0.1) is 0 Å². The van der Waals surface area contributed by atoms with Crippen LogP contribution in [-0.4, -0.2) is 20.0 Å². The second kappa shape index (κ2) is 4.84. The van der Waals surface area contributed by atoms with E-state index in [1.165, 1.54) is 19.9 Å². The number of sulfonamides is 1. The Kier molecular flexibility index (Phi) is 3.93. The molecule has 6 heteroatoms. The summed E-state index contributed by atoms with van der Waals surface area (Å²) in [5.41, 5.74) is 0.536. The van der Waals surface area contributed by atoms with Crippen LogP contribution in [0.5, 0.6) is 0 Å². The van der Waals surface area contributed by atoms with Crippen molar-refractivity contribution >= 4 is 33.1 Å². The first-order valence-electron chi connectivity index (χ1n) is 4.67. The summed E-state index contributed by atoms with van der Waals surface area (Å²) in [6.45, 7) is 2.89. The quantitative estimate of drug-likeness (QED) is 0.846. The van der Waals surface area contributed by atoms with E-state index in [1.54, 1.807) is 12.1 Å². The van der Waals surface area contributed by atoms with Gasteiger partial charge in [0.15, 0.2) is 5.78 Å². The lowest BCUT2D eigenvalue weighted by atomic mass is 10.1. The number of hydrogen-bond acceptors (Lipinski definition) is 3. The second-order valence-electron chi connectivity index (χ2n) is 3.23. The summed E-state index contributed by atoms with van der Waals surface area (Å²) in [5.74, 6) is -0.254. The average molecular weight is 262 g/mol. The molecule has 0 unspecified atom stereocenters. The zero-order chi connectivity index (χ0) is 12.3. The van der Waals surface area contributed by atoms with E-state index in [0.717, 1.165) is 0 Å². The van der Waals surface area contributed by atoms with Gasteiger partial charge in [0.1, 0.15) is 0 Å². The van der Waals surface area contributed by atoms with Crippen molar-refractivity contribution in [2.75, 3.05) is 10.5 Å². The van der Waals surface area contributed by atoms with Crippen molar-refractivity contribution in [3.8, 4) is 0 Å². The molecule has 0 spiro atoms. The normalized spacial score (nSPS) is 11.2. The van der Waals surface area contributed by atoms with E-state index in [4.69, 9.17) is 11.6 Å². The number of anilines is 1. The SMILES string of the molecule is CCS(=O)(=O)Nc1cccc(C(C)=O)c1Cl. The van der Waals surface area contributed by atoms with Crippen molar-refractivity contribution in [3.63, 3.8) is 0 Å². The molecule has 16 heavy (non-hydrogen) atoms. The molecular weight excluding hydrogens is 250 g/mol. The molecular formula is C10H12ClNO3S. The fourth-order valence-electron chi connectivity index (χ4n) is 1.12. The summed E-state index contributed by atoms with van der Waals surface area (Å²) >= 11 is 5.92. The minimum absolute atomic E-state index is 0.0480. The lowest BCUT2D eigenvalue weighted by molar-refractivity contribution is 0.101. The molecule has 0 aliphatic heterocycles.